The first kappa shape index (κ1) is 13.9. The van der Waals surface area contributed by atoms with Crippen LogP contribution in [-0.4, -0.2) is 7.11 Å². The molecule has 0 saturated heterocycles. The summed E-state index contributed by atoms with van der Waals surface area (Å²) in [6.07, 6.45) is 0. The van der Waals surface area contributed by atoms with Gasteiger partial charge in [0.2, 0.25) is 0 Å². The van der Waals surface area contributed by atoms with Gasteiger partial charge < -0.3 is 9.47 Å². The Labute approximate surface area is 120 Å². The predicted octanol–water partition coefficient (Wildman–Crippen LogP) is 4.48. The number of ether oxygens (including phenoxy) is 2. The SMILES string of the molecule is COc1cccc(COc2ccc(C)cc2Br)c1F. The van der Waals surface area contributed by atoms with E-state index in [9.17, 15) is 4.39 Å². The fourth-order valence-corrected chi connectivity index (χ4v) is 2.31. The molecule has 4 heteroatoms. The number of rotatable bonds is 4. The zero-order chi connectivity index (χ0) is 13.8. The van der Waals surface area contributed by atoms with Crippen LogP contribution >= 0.6 is 15.9 Å². The predicted molar refractivity (Wildman–Crippen MR) is 76.2 cm³/mol. The van der Waals surface area contributed by atoms with Gasteiger partial charge in [-0.1, -0.05) is 18.2 Å². The molecule has 0 aliphatic carbocycles. The van der Waals surface area contributed by atoms with Gasteiger partial charge in [-0.3, -0.25) is 0 Å². The van der Waals surface area contributed by atoms with Crippen LogP contribution < -0.4 is 9.47 Å². The number of methoxy groups -OCH3 is 1. The minimum atomic E-state index is -0.381. The summed E-state index contributed by atoms with van der Waals surface area (Å²) in [6.45, 7) is 2.15. The summed E-state index contributed by atoms with van der Waals surface area (Å²) < 4.78 is 25.3. The molecule has 2 rings (SSSR count). The minimum absolute atomic E-state index is 0.157. The van der Waals surface area contributed by atoms with Crippen LogP contribution in [0.1, 0.15) is 11.1 Å². The van der Waals surface area contributed by atoms with Crippen LogP contribution in [0.2, 0.25) is 0 Å². The van der Waals surface area contributed by atoms with Crippen molar-refractivity contribution in [1.82, 2.24) is 0 Å². The van der Waals surface area contributed by atoms with E-state index in [0.717, 1.165) is 10.0 Å². The zero-order valence-electron chi connectivity index (χ0n) is 10.7. The van der Waals surface area contributed by atoms with E-state index in [1.807, 2.05) is 25.1 Å². The Morgan fingerprint density at radius 1 is 1.16 bits per heavy atom. The van der Waals surface area contributed by atoms with Crippen LogP contribution in [0.5, 0.6) is 11.5 Å². The molecule has 19 heavy (non-hydrogen) atoms. The summed E-state index contributed by atoms with van der Waals surface area (Å²) in [4.78, 5) is 0. The Kier molecular flexibility index (Phi) is 4.43. The average Bonchev–Trinajstić information content (AvgIpc) is 2.39. The van der Waals surface area contributed by atoms with E-state index in [2.05, 4.69) is 15.9 Å². The molecule has 0 spiro atoms. The van der Waals surface area contributed by atoms with Gasteiger partial charge >= 0.3 is 0 Å². The molecule has 0 fully saturated rings. The lowest BCUT2D eigenvalue weighted by Crippen LogP contribution is -2.00. The van der Waals surface area contributed by atoms with Crippen molar-refractivity contribution in [2.45, 2.75) is 13.5 Å². The molecule has 0 aliphatic heterocycles. The highest BCUT2D eigenvalue weighted by Gasteiger charge is 2.09. The Morgan fingerprint density at radius 2 is 1.95 bits per heavy atom. The first-order valence-corrected chi connectivity index (χ1v) is 6.61. The monoisotopic (exact) mass is 324 g/mol. The summed E-state index contributed by atoms with van der Waals surface area (Å²) in [5, 5.41) is 0. The standard InChI is InChI=1S/C15H14BrFO2/c1-10-6-7-13(12(16)8-10)19-9-11-4-3-5-14(18-2)15(11)17/h3-8H,9H2,1-2H3. The number of benzene rings is 2. The third-order valence-electron chi connectivity index (χ3n) is 2.73. The van der Waals surface area contributed by atoms with Crippen molar-refractivity contribution >= 4 is 15.9 Å². The van der Waals surface area contributed by atoms with E-state index >= 15 is 0 Å². The van der Waals surface area contributed by atoms with E-state index in [1.54, 1.807) is 18.2 Å². The molecule has 0 bridgehead atoms. The third-order valence-corrected chi connectivity index (χ3v) is 3.35. The molecule has 0 atom stereocenters. The molecule has 0 aliphatic rings. The lowest BCUT2D eigenvalue weighted by atomic mass is 10.2. The van der Waals surface area contributed by atoms with E-state index < -0.39 is 0 Å². The maximum atomic E-state index is 13.9. The largest absolute Gasteiger partial charge is 0.494 e. The molecule has 0 unspecified atom stereocenters. The third kappa shape index (κ3) is 3.26. The van der Waals surface area contributed by atoms with Gasteiger partial charge in [0.25, 0.3) is 0 Å². The van der Waals surface area contributed by atoms with Crippen molar-refractivity contribution in [1.29, 1.82) is 0 Å². The smallest absolute Gasteiger partial charge is 0.171 e. The summed E-state index contributed by atoms with van der Waals surface area (Å²) in [5.74, 6) is 0.533. The molecule has 0 aromatic heterocycles. The number of hydrogen-bond acceptors (Lipinski definition) is 2. The fraction of sp³-hybridized carbons (Fsp3) is 0.200. The van der Waals surface area contributed by atoms with Gasteiger partial charge in [0.05, 0.1) is 11.6 Å². The van der Waals surface area contributed by atoms with Crippen LogP contribution in [0.3, 0.4) is 0 Å². The van der Waals surface area contributed by atoms with Gasteiger partial charge in [0, 0.05) is 5.56 Å². The molecular formula is C15H14BrFO2. The molecule has 0 N–H and O–H groups in total. The highest BCUT2D eigenvalue weighted by Crippen LogP contribution is 2.27. The van der Waals surface area contributed by atoms with E-state index in [-0.39, 0.29) is 18.2 Å². The second-order valence-electron chi connectivity index (χ2n) is 4.16. The fourth-order valence-electron chi connectivity index (χ4n) is 1.70. The van der Waals surface area contributed by atoms with Gasteiger partial charge in [0.1, 0.15) is 12.4 Å². The zero-order valence-corrected chi connectivity index (χ0v) is 12.3. The Bertz CT molecular complexity index is 584. The highest BCUT2D eigenvalue weighted by molar-refractivity contribution is 9.10. The van der Waals surface area contributed by atoms with Crippen molar-refractivity contribution in [2.75, 3.05) is 7.11 Å². The quantitative estimate of drug-likeness (QED) is 0.825. The lowest BCUT2D eigenvalue weighted by molar-refractivity contribution is 0.294. The van der Waals surface area contributed by atoms with Crippen molar-refractivity contribution in [3.63, 3.8) is 0 Å². The second-order valence-corrected chi connectivity index (χ2v) is 5.01. The molecule has 100 valence electrons. The van der Waals surface area contributed by atoms with Gasteiger partial charge in [-0.05, 0) is 46.6 Å². The molecule has 2 aromatic carbocycles. The Balaban J connectivity index is 2.14. The van der Waals surface area contributed by atoms with Gasteiger partial charge in [-0.25, -0.2) is 4.39 Å². The summed E-state index contributed by atoms with van der Waals surface area (Å²) >= 11 is 3.42. The number of hydrogen-bond donors (Lipinski definition) is 0. The second kappa shape index (κ2) is 6.06. The van der Waals surface area contributed by atoms with Gasteiger partial charge in [-0.2, -0.15) is 0 Å². The topological polar surface area (TPSA) is 18.5 Å². The van der Waals surface area contributed by atoms with Crippen molar-refractivity contribution in [2.24, 2.45) is 0 Å². The lowest BCUT2D eigenvalue weighted by Gasteiger charge is -2.11. The summed E-state index contributed by atoms with van der Waals surface area (Å²) in [6, 6.07) is 10.8. The first-order chi connectivity index (χ1) is 9.11. The van der Waals surface area contributed by atoms with Crippen LogP contribution in [0.15, 0.2) is 40.9 Å². The summed E-state index contributed by atoms with van der Waals surface area (Å²) in [7, 11) is 1.44. The van der Waals surface area contributed by atoms with Gasteiger partial charge in [0.15, 0.2) is 11.6 Å². The van der Waals surface area contributed by atoms with Crippen molar-refractivity contribution in [3.8, 4) is 11.5 Å². The molecule has 2 aromatic rings. The van der Waals surface area contributed by atoms with E-state index in [4.69, 9.17) is 9.47 Å². The van der Waals surface area contributed by atoms with Crippen LogP contribution in [0, 0.1) is 12.7 Å². The molecule has 0 saturated carbocycles. The molecule has 0 radical (unpaired) electrons. The maximum Gasteiger partial charge on any atom is 0.171 e. The highest BCUT2D eigenvalue weighted by atomic mass is 79.9. The van der Waals surface area contributed by atoms with Crippen LogP contribution in [-0.2, 0) is 6.61 Å². The van der Waals surface area contributed by atoms with Crippen molar-refractivity contribution < 1.29 is 13.9 Å². The molecular weight excluding hydrogens is 311 g/mol. The molecule has 0 heterocycles. The number of aryl methyl sites for hydroxylation is 1. The van der Waals surface area contributed by atoms with E-state index in [1.165, 1.54) is 7.11 Å². The minimum Gasteiger partial charge on any atom is -0.494 e. The van der Waals surface area contributed by atoms with Crippen molar-refractivity contribution in [3.05, 3.63) is 57.8 Å². The normalized spacial score (nSPS) is 10.3. The average molecular weight is 325 g/mol. The molecule has 2 nitrogen and oxygen atoms in total. The maximum absolute atomic E-state index is 13.9. The Morgan fingerprint density at radius 3 is 2.63 bits per heavy atom. The van der Waals surface area contributed by atoms with Gasteiger partial charge in [-0.15, -0.1) is 0 Å². The number of halogens is 2. The van der Waals surface area contributed by atoms with Crippen LogP contribution in [0.4, 0.5) is 4.39 Å². The van der Waals surface area contributed by atoms with E-state index in [0.29, 0.717) is 11.3 Å². The Hall–Kier alpha value is -1.55. The molecule has 0 amide bonds. The van der Waals surface area contributed by atoms with Crippen LogP contribution in [0.25, 0.3) is 0 Å². The first-order valence-electron chi connectivity index (χ1n) is 5.82. The summed E-state index contributed by atoms with van der Waals surface area (Å²) in [5.41, 5.74) is 1.60.